The average molecular weight is 370 g/mol. The van der Waals surface area contributed by atoms with Gasteiger partial charge in [0.2, 0.25) is 6.29 Å². The van der Waals surface area contributed by atoms with Crippen molar-refractivity contribution in [3.8, 4) is 11.5 Å². The Bertz CT molecular complexity index is 628. The van der Waals surface area contributed by atoms with E-state index < -0.39 is 36.7 Å². The maximum absolute atomic E-state index is 11.2. The normalized spacial score (nSPS) is 29.2. The average Bonchev–Trinajstić information content (AvgIpc) is 2.55. The van der Waals surface area contributed by atoms with E-state index in [0.717, 1.165) is 0 Å². The second-order valence-corrected chi connectivity index (χ2v) is 7.12. The number of rotatable bonds is 5. The quantitative estimate of drug-likeness (QED) is 0.516. The molecule has 146 valence electrons. The van der Waals surface area contributed by atoms with Crippen molar-refractivity contribution in [3.63, 3.8) is 0 Å². The number of carboxylic acids is 1. The zero-order chi connectivity index (χ0) is 19.8. The van der Waals surface area contributed by atoms with Crippen LogP contribution in [-0.2, 0) is 9.53 Å². The van der Waals surface area contributed by atoms with Crippen molar-refractivity contribution < 1.29 is 39.8 Å². The third kappa shape index (κ3) is 3.93. The molecule has 8 nitrogen and oxygen atoms in total. The van der Waals surface area contributed by atoms with Crippen LogP contribution in [-0.4, -0.2) is 62.2 Å². The number of carboxylic acid groups (broad SMARTS) is 1. The molecular formula is C18H26O8. The third-order valence-corrected chi connectivity index (χ3v) is 4.42. The largest absolute Gasteiger partial charge is 0.508 e. The van der Waals surface area contributed by atoms with Crippen LogP contribution in [0.1, 0.15) is 50.7 Å². The van der Waals surface area contributed by atoms with Gasteiger partial charge in [-0.05, 0) is 24.0 Å². The van der Waals surface area contributed by atoms with Gasteiger partial charge in [0.15, 0.2) is 6.10 Å². The number of ether oxygens (including phenoxy) is 2. The Hall–Kier alpha value is -1.87. The number of benzene rings is 1. The molecule has 1 heterocycles. The number of phenolic OH excluding ortho intramolecular Hbond substituents is 1. The number of aliphatic carboxylic acids is 1. The van der Waals surface area contributed by atoms with Crippen molar-refractivity contribution in [2.24, 2.45) is 0 Å². The lowest BCUT2D eigenvalue weighted by molar-refractivity contribution is -0.271. The highest BCUT2D eigenvalue weighted by Gasteiger charge is 2.48. The van der Waals surface area contributed by atoms with E-state index in [2.05, 4.69) is 0 Å². The van der Waals surface area contributed by atoms with Gasteiger partial charge in [0.25, 0.3) is 0 Å². The van der Waals surface area contributed by atoms with Gasteiger partial charge < -0.3 is 35.0 Å². The Morgan fingerprint density at radius 1 is 1.00 bits per heavy atom. The molecule has 2 rings (SSSR count). The topological polar surface area (TPSA) is 137 Å². The third-order valence-electron chi connectivity index (χ3n) is 4.42. The maximum atomic E-state index is 11.2. The molecule has 0 amide bonds. The first-order valence-electron chi connectivity index (χ1n) is 8.50. The van der Waals surface area contributed by atoms with Crippen molar-refractivity contribution in [1.29, 1.82) is 0 Å². The molecule has 0 radical (unpaired) electrons. The number of phenols is 1. The first-order valence-corrected chi connectivity index (χ1v) is 8.50. The van der Waals surface area contributed by atoms with E-state index in [1.165, 1.54) is 12.1 Å². The van der Waals surface area contributed by atoms with Crippen LogP contribution in [0.2, 0.25) is 0 Å². The number of aliphatic hydroxyl groups is 3. The van der Waals surface area contributed by atoms with Gasteiger partial charge in [0, 0.05) is 11.1 Å². The van der Waals surface area contributed by atoms with Gasteiger partial charge in [-0.3, -0.25) is 0 Å². The fraction of sp³-hybridized carbons (Fsp3) is 0.611. The zero-order valence-corrected chi connectivity index (χ0v) is 15.2. The molecule has 0 unspecified atom stereocenters. The summed E-state index contributed by atoms with van der Waals surface area (Å²) in [6.07, 6.45) is -8.39. The van der Waals surface area contributed by atoms with Crippen LogP contribution in [0.25, 0.3) is 0 Å². The summed E-state index contributed by atoms with van der Waals surface area (Å²) < 4.78 is 11.0. The molecule has 0 spiro atoms. The molecule has 0 bridgehead atoms. The number of hydrogen-bond donors (Lipinski definition) is 5. The molecule has 1 saturated heterocycles. The lowest BCUT2D eigenvalue weighted by atomic mass is 9.93. The summed E-state index contributed by atoms with van der Waals surface area (Å²) >= 11 is 0. The molecule has 8 heteroatoms. The molecule has 26 heavy (non-hydrogen) atoms. The van der Waals surface area contributed by atoms with Crippen molar-refractivity contribution in [1.82, 2.24) is 0 Å². The fourth-order valence-corrected chi connectivity index (χ4v) is 2.92. The van der Waals surface area contributed by atoms with Crippen LogP contribution in [0, 0.1) is 0 Å². The van der Waals surface area contributed by atoms with E-state index in [4.69, 9.17) is 14.6 Å². The molecule has 0 aliphatic carbocycles. The summed E-state index contributed by atoms with van der Waals surface area (Å²) in [4.78, 5) is 11.2. The molecule has 1 aliphatic heterocycles. The first-order chi connectivity index (χ1) is 12.0. The van der Waals surface area contributed by atoms with Crippen LogP contribution in [0.4, 0.5) is 0 Å². The Morgan fingerprint density at radius 2 is 1.50 bits per heavy atom. The summed E-state index contributed by atoms with van der Waals surface area (Å²) in [6, 6.07) is 3.06. The van der Waals surface area contributed by atoms with Gasteiger partial charge in [0.1, 0.15) is 29.8 Å². The number of hydrogen-bond acceptors (Lipinski definition) is 7. The fourth-order valence-electron chi connectivity index (χ4n) is 2.92. The van der Waals surface area contributed by atoms with Gasteiger partial charge in [0.05, 0.1) is 0 Å². The maximum Gasteiger partial charge on any atom is 0.335 e. The first kappa shape index (κ1) is 20.4. The van der Waals surface area contributed by atoms with Gasteiger partial charge in [-0.25, -0.2) is 4.79 Å². The lowest BCUT2D eigenvalue weighted by Gasteiger charge is -2.39. The van der Waals surface area contributed by atoms with Crippen LogP contribution in [0.15, 0.2) is 12.1 Å². The van der Waals surface area contributed by atoms with E-state index in [-0.39, 0.29) is 17.6 Å². The van der Waals surface area contributed by atoms with Crippen molar-refractivity contribution >= 4 is 5.97 Å². The summed E-state index contributed by atoms with van der Waals surface area (Å²) in [7, 11) is 0. The molecule has 0 aromatic heterocycles. The molecule has 5 atom stereocenters. The molecule has 5 N–H and O–H groups in total. The Kier molecular flexibility index (Phi) is 6.13. The summed E-state index contributed by atoms with van der Waals surface area (Å²) in [5, 5.41) is 49.0. The minimum atomic E-state index is -1.78. The highest BCUT2D eigenvalue weighted by molar-refractivity contribution is 5.73. The minimum absolute atomic E-state index is 0.0406. The van der Waals surface area contributed by atoms with Crippen LogP contribution >= 0.6 is 0 Å². The molecule has 1 aromatic carbocycles. The summed E-state index contributed by atoms with van der Waals surface area (Å²) in [5.74, 6) is -1.14. The second kappa shape index (κ2) is 7.79. The van der Waals surface area contributed by atoms with Gasteiger partial charge in [-0.2, -0.15) is 0 Å². The van der Waals surface area contributed by atoms with Crippen molar-refractivity contribution in [3.05, 3.63) is 23.3 Å². The summed E-state index contributed by atoms with van der Waals surface area (Å²) in [5.41, 5.74) is 1.30. The molecular weight excluding hydrogens is 344 g/mol. The van der Waals surface area contributed by atoms with E-state index in [1.54, 1.807) is 0 Å². The number of aliphatic hydroxyl groups excluding tert-OH is 3. The minimum Gasteiger partial charge on any atom is -0.508 e. The molecule has 0 saturated carbocycles. The Morgan fingerprint density at radius 3 is 1.92 bits per heavy atom. The number of aromatic hydroxyl groups is 1. The van der Waals surface area contributed by atoms with Crippen LogP contribution in [0.3, 0.4) is 0 Å². The molecule has 1 aromatic rings. The van der Waals surface area contributed by atoms with E-state index in [9.17, 15) is 25.2 Å². The van der Waals surface area contributed by atoms with Crippen molar-refractivity contribution in [2.45, 2.75) is 70.2 Å². The SMILES string of the molecule is CC(C)c1cc(O)cc(C(C)C)c1O[C@@H]1O[C@H](C(=O)O)[C@@H](O)[C@H](O)[C@H]1O. The van der Waals surface area contributed by atoms with Gasteiger partial charge in [-0.15, -0.1) is 0 Å². The van der Waals surface area contributed by atoms with Crippen LogP contribution < -0.4 is 4.74 Å². The predicted molar refractivity (Wildman–Crippen MR) is 91.2 cm³/mol. The predicted octanol–water partition coefficient (Wildman–Crippen LogP) is 0.910. The highest BCUT2D eigenvalue weighted by atomic mass is 16.7. The van der Waals surface area contributed by atoms with E-state index in [1.807, 2.05) is 27.7 Å². The number of carbonyl (C=O) groups is 1. The van der Waals surface area contributed by atoms with Crippen molar-refractivity contribution in [2.75, 3.05) is 0 Å². The second-order valence-electron chi connectivity index (χ2n) is 7.12. The highest BCUT2D eigenvalue weighted by Crippen LogP contribution is 2.39. The monoisotopic (exact) mass is 370 g/mol. The van der Waals surface area contributed by atoms with E-state index in [0.29, 0.717) is 16.9 Å². The Labute approximate surface area is 151 Å². The lowest BCUT2D eigenvalue weighted by Crippen LogP contribution is -2.61. The molecule has 1 fully saturated rings. The summed E-state index contributed by atoms with van der Waals surface area (Å²) in [6.45, 7) is 7.57. The van der Waals surface area contributed by atoms with E-state index >= 15 is 0 Å². The molecule has 1 aliphatic rings. The standard InChI is InChI=1S/C18H26O8/c1-7(2)10-5-9(19)6-11(8(3)4)15(10)25-18-14(22)12(20)13(21)16(26-18)17(23)24/h5-8,12-14,16,18-22H,1-4H3,(H,23,24)/t12-,13-,14+,16-,18+/m0/s1. The van der Waals surface area contributed by atoms with Gasteiger partial charge >= 0.3 is 5.97 Å². The smallest absolute Gasteiger partial charge is 0.335 e. The Balaban J connectivity index is 2.44. The zero-order valence-electron chi connectivity index (χ0n) is 15.2. The van der Waals surface area contributed by atoms with Gasteiger partial charge in [-0.1, -0.05) is 27.7 Å². The van der Waals surface area contributed by atoms with Crippen LogP contribution in [0.5, 0.6) is 11.5 Å².